The molecule has 0 N–H and O–H groups in total. The van der Waals surface area contributed by atoms with Gasteiger partial charge in [0.25, 0.3) is 0 Å². The van der Waals surface area contributed by atoms with Crippen LogP contribution in [0.25, 0.3) is 0 Å². The van der Waals surface area contributed by atoms with Gasteiger partial charge in [0.1, 0.15) is 12.2 Å². The van der Waals surface area contributed by atoms with Crippen molar-refractivity contribution in [3.05, 3.63) is 16.8 Å². The van der Waals surface area contributed by atoms with E-state index >= 15 is 0 Å². The Morgan fingerprint density at radius 3 is 3.18 bits per heavy atom. The predicted molar refractivity (Wildman–Crippen MR) is 40.2 cm³/mol. The quantitative estimate of drug-likeness (QED) is 0.628. The van der Waals surface area contributed by atoms with Gasteiger partial charge < -0.3 is 4.74 Å². The molecule has 0 aromatic carbocycles. The molecule has 0 amide bonds. The number of hydrogen-bond acceptors (Lipinski definition) is 4. The predicted octanol–water partition coefficient (Wildman–Crippen LogP) is 1.57. The molecule has 0 aliphatic rings. The van der Waals surface area contributed by atoms with E-state index in [2.05, 4.69) is 0 Å². The van der Waals surface area contributed by atoms with Crippen molar-refractivity contribution in [2.45, 2.75) is 6.42 Å². The summed E-state index contributed by atoms with van der Waals surface area (Å²) in [6.07, 6.45) is -0.199. The van der Waals surface area contributed by atoms with Crippen molar-refractivity contribution in [2.75, 3.05) is 0 Å². The average molecular weight is 167 g/mol. The molecule has 0 unspecified atom stereocenters. The summed E-state index contributed by atoms with van der Waals surface area (Å²) in [6.45, 7) is 0. The van der Waals surface area contributed by atoms with Crippen molar-refractivity contribution in [1.29, 1.82) is 5.26 Å². The number of rotatable bonds is 2. The van der Waals surface area contributed by atoms with Gasteiger partial charge in [-0.05, 0) is 11.4 Å². The molecule has 0 saturated heterocycles. The molecule has 4 heteroatoms. The van der Waals surface area contributed by atoms with E-state index in [9.17, 15) is 4.79 Å². The highest BCUT2D eigenvalue weighted by molar-refractivity contribution is 7.08. The van der Waals surface area contributed by atoms with Crippen LogP contribution in [0, 0.1) is 11.3 Å². The van der Waals surface area contributed by atoms with Gasteiger partial charge in [0.15, 0.2) is 0 Å². The maximum absolute atomic E-state index is 10.7. The van der Waals surface area contributed by atoms with Crippen molar-refractivity contribution in [3.8, 4) is 11.8 Å². The van der Waals surface area contributed by atoms with Crippen molar-refractivity contribution >= 4 is 17.3 Å². The minimum absolute atomic E-state index is 0.199. The second kappa shape index (κ2) is 3.74. The van der Waals surface area contributed by atoms with Crippen LogP contribution in [-0.4, -0.2) is 5.97 Å². The van der Waals surface area contributed by atoms with E-state index in [0.717, 1.165) is 0 Å². The summed E-state index contributed by atoms with van der Waals surface area (Å²) in [4.78, 5) is 10.7. The van der Waals surface area contributed by atoms with Crippen molar-refractivity contribution in [1.82, 2.24) is 0 Å². The van der Waals surface area contributed by atoms with Gasteiger partial charge in [0.2, 0.25) is 0 Å². The van der Waals surface area contributed by atoms with Crippen molar-refractivity contribution < 1.29 is 9.53 Å². The molecule has 0 saturated carbocycles. The highest BCUT2D eigenvalue weighted by Gasteiger charge is 2.02. The lowest BCUT2D eigenvalue weighted by Crippen LogP contribution is -2.05. The molecule has 1 rings (SSSR count). The zero-order valence-corrected chi connectivity index (χ0v) is 6.43. The molecule has 1 heterocycles. The molecular weight excluding hydrogens is 162 g/mol. The Bertz CT molecular complexity index is 273. The fourth-order valence-corrected chi connectivity index (χ4v) is 1.09. The van der Waals surface area contributed by atoms with Crippen LogP contribution in [0.2, 0.25) is 0 Å². The largest absolute Gasteiger partial charge is 0.425 e. The standard InChI is InChI=1S/C7H5NO2S/c8-3-1-7(9)10-6-2-4-11-5-6/h2,4-5H,1H2. The SMILES string of the molecule is N#CCC(=O)Oc1ccsc1. The van der Waals surface area contributed by atoms with Crippen molar-refractivity contribution in [3.63, 3.8) is 0 Å². The van der Waals surface area contributed by atoms with Gasteiger partial charge >= 0.3 is 5.97 Å². The fraction of sp³-hybridized carbons (Fsp3) is 0.143. The van der Waals surface area contributed by atoms with Gasteiger partial charge in [-0.2, -0.15) is 5.26 Å². The summed E-state index contributed by atoms with van der Waals surface area (Å²) >= 11 is 1.44. The molecule has 0 atom stereocenters. The molecule has 3 nitrogen and oxygen atoms in total. The molecule has 0 fully saturated rings. The number of hydrogen-bond donors (Lipinski definition) is 0. The van der Waals surface area contributed by atoms with Gasteiger partial charge in [-0.3, -0.25) is 4.79 Å². The van der Waals surface area contributed by atoms with Gasteiger partial charge in [0, 0.05) is 5.38 Å². The molecule has 11 heavy (non-hydrogen) atoms. The number of nitrogens with zero attached hydrogens (tertiary/aromatic N) is 1. The summed E-state index contributed by atoms with van der Waals surface area (Å²) in [5.41, 5.74) is 0. The Balaban J connectivity index is 2.45. The van der Waals surface area contributed by atoms with E-state index < -0.39 is 5.97 Å². The molecule has 0 radical (unpaired) electrons. The molecular formula is C7H5NO2S. The van der Waals surface area contributed by atoms with E-state index in [1.165, 1.54) is 11.3 Å². The average Bonchev–Trinajstić information content (AvgIpc) is 2.40. The normalized spacial score (nSPS) is 8.64. The molecule has 0 spiro atoms. The summed E-state index contributed by atoms with van der Waals surface area (Å²) < 4.78 is 4.74. The topological polar surface area (TPSA) is 50.1 Å². The third-order valence-corrected chi connectivity index (χ3v) is 1.61. The van der Waals surface area contributed by atoms with Gasteiger partial charge in [-0.25, -0.2) is 0 Å². The van der Waals surface area contributed by atoms with Crippen LogP contribution in [-0.2, 0) is 4.79 Å². The smallest absolute Gasteiger partial charge is 0.325 e. The molecule has 1 aromatic heterocycles. The number of carbonyl (C=O) groups is 1. The van der Waals surface area contributed by atoms with Crippen LogP contribution < -0.4 is 4.74 Å². The van der Waals surface area contributed by atoms with Gasteiger partial charge in [0.05, 0.1) is 6.07 Å². The molecule has 0 aliphatic carbocycles. The van der Waals surface area contributed by atoms with Crippen molar-refractivity contribution in [2.24, 2.45) is 0 Å². The Morgan fingerprint density at radius 1 is 1.82 bits per heavy atom. The van der Waals surface area contributed by atoms with E-state index in [1.807, 2.05) is 0 Å². The maximum Gasteiger partial charge on any atom is 0.325 e. The third-order valence-electron chi connectivity index (χ3n) is 0.950. The minimum atomic E-state index is -0.508. The van der Waals surface area contributed by atoms with Crippen LogP contribution in [0.5, 0.6) is 5.75 Å². The molecule has 56 valence electrons. The molecule has 0 bridgehead atoms. The number of thiophene rings is 1. The second-order valence-electron chi connectivity index (χ2n) is 1.77. The fourth-order valence-electron chi connectivity index (χ4n) is 0.542. The monoisotopic (exact) mass is 167 g/mol. The first-order valence-corrected chi connectivity index (χ1v) is 3.87. The first kappa shape index (κ1) is 7.76. The number of esters is 1. The summed E-state index contributed by atoms with van der Waals surface area (Å²) in [7, 11) is 0. The number of ether oxygens (including phenoxy) is 1. The Kier molecular flexibility index (Phi) is 2.64. The lowest BCUT2D eigenvalue weighted by Gasteiger charge is -1.94. The van der Waals surface area contributed by atoms with Crippen LogP contribution in [0.4, 0.5) is 0 Å². The summed E-state index contributed by atoms with van der Waals surface area (Å²) in [5.74, 6) is 0.00106. The second-order valence-corrected chi connectivity index (χ2v) is 2.55. The third kappa shape index (κ3) is 2.40. The molecule has 1 aromatic rings. The van der Waals surface area contributed by atoms with Crippen LogP contribution in [0.1, 0.15) is 6.42 Å². The Labute approximate surface area is 67.8 Å². The van der Waals surface area contributed by atoms with Crippen LogP contribution in [0.15, 0.2) is 16.8 Å². The van der Waals surface area contributed by atoms with E-state index in [0.29, 0.717) is 5.75 Å². The number of nitriles is 1. The van der Waals surface area contributed by atoms with Gasteiger partial charge in [-0.1, -0.05) is 0 Å². The lowest BCUT2D eigenvalue weighted by molar-refractivity contribution is -0.133. The zero-order chi connectivity index (χ0) is 8.10. The summed E-state index contributed by atoms with van der Waals surface area (Å²) in [5, 5.41) is 11.6. The van der Waals surface area contributed by atoms with E-state index in [1.54, 1.807) is 22.9 Å². The van der Waals surface area contributed by atoms with Crippen LogP contribution in [0.3, 0.4) is 0 Å². The summed E-state index contributed by atoms with van der Waals surface area (Å²) in [6, 6.07) is 3.39. The number of carbonyl (C=O) groups excluding carboxylic acids is 1. The maximum atomic E-state index is 10.7. The molecule has 0 aliphatic heterocycles. The highest BCUT2D eigenvalue weighted by atomic mass is 32.1. The van der Waals surface area contributed by atoms with Gasteiger partial charge in [-0.15, -0.1) is 11.3 Å². The highest BCUT2D eigenvalue weighted by Crippen LogP contribution is 2.14. The minimum Gasteiger partial charge on any atom is -0.425 e. The first-order valence-electron chi connectivity index (χ1n) is 2.93. The lowest BCUT2D eigenvalue weighted by atomic mass is 10.5. The van der Waals surface area contributed by atoms with E-state index in [4.69, 9.17) is 10.00 Å². The zero-order valence-electron chi connectivity index (χ0n) is 5.61. The first-order chi connectivity index (χ1) is 5.33. The Hall–Kier alpha value is -1.34. The van der Waals surface area contributed by atoms with E-state index in [-0.39, 0.29) is 6.42 Å². The Morgan fingerprint density at radius 2 is 2.64 bits per heavy atom. The van der Waals surface area contributed by atoms with Crippen LogP contribution >= 0.6 is 11.3 Å².